The first-order valence-electron chi connectivity index (χ1n) is 3.49. The number of aliphatic hydroxyl groups is 1. The largest absolute Gasteiger partial charge is 0.384 e. The van der Waals surface area contributed by atoms with Gasteiger partial charge in [0.05, 0.1) is 6.07 Å². The van der Waals surface area contributed by atoms with E-state index in [0.29, 0.717) is 6.42 Å². The van der Waals surface area contributed by atoms with Gasteiger partial charge in [-0.2, -0.15) is 5.26 Å². The van der Waals surface area contributed by atoms with Gasteiger partial charge in [-0.3, -0.25) is 4.79 Å². The van der Waals surface area contributed by atoms with E-state index in [0.717, 1.165) is 0 Å². The molecule has 0 aromatic carbocycles. The highest BCUT2D eigenvalue weighted by Gasteiger charge is 2.12. The summed E-state index contributed by atoms with van der Waals surface area (Å²) < 4.78 is 0. The Morgan fingerprint density at radius 3 is 2.64 bits per heavy atom. The average Bonchev–Trinajstić information content (AvgIpc) is 1.99. The van der Waals surface area contributed by atoms with Crippen LogP contribution in [0, 0.1) is 11.3 Å². The van der Waals surface area contributed by atoms with Crippen molar-refractivity contribution in [2.75, 3.05) is 0 Å². The Labute approximate surface area is 65.8 Å². The molecule has 0 aromatic heterocycles. The SMILES string of the molecule is CC[C@@H](C#N)NC(=O)[C@@H](C)O. The van der Waals surface area contributed by atoms with Crippen LogP contribution in [-0.2, 0) is 4.79 Å². The number of nitrogens with one attached hydrogen (secondary N) is 1. The molecule has 0 fully saturated rings. The Balaban J connectivity index is 3.84. The van der Waals surface area contributed by atoms with Crippen molar-refractivity contribution < 1.29 is 9.90 Å². The third-order valence-corrected chi connectivity index (χ3v) is 1.26. The first-order valence-corrected chi connectivity index (χ1v) is 3.49. The molecule has 0 aliphatic rings. The summed E-state index contributed by atoms with van der Waals surface area (Å²) in [7, 11) is 0. The zero-order valence-corrected chi connectivity index (χ0v) is 6.66. The molecule has 0 radical (unpaired) electrons. The quantitative estimate of drug-likeness (QED) is 0.593. The molecule has 0 rings (SSSR count). The zero-order chi connectivity index (χ0) is 8.85. The van der Waals surface area contributed by atoms with Gasteiger partial charge in [0.25, 0.3) is 0 Å². The van der Waals surface area contributed by atoms with Gasteiger partial charge in [0.2, 0.25) is 5.91 Å². The molecule has 0 aromatic rings. The summed E-state index contributed by atoms with van der Waals surface area (Å²) in [6.07, 6.45) is -0.494. The van der Waals surface area contributed by atoms with Crippen molar-refractivity contribution in [2.24, 2.45) is 0 Å². The predicted octanol–water partition coefficient (Wildman–Crippen LogP) is -0.214. The minimum absolute atomic E-state index is 0.489. The van der Waals surface area contributed by atoms with Crippen molar-refractivity contribution in [3.05, 3.63) is 0 Å². The first kappa shape index (κ1) is 9.92. The Bertz CT molecular complexity index is 172. The minimum atomic E-state index is -1.04. The van der Waals surface area contributed by atoms with Crippen LogP contribution < -0.4 is 5.32 Å². The lowest BCUT2D eigenvalue weighted by Gasteiger charge is -2.09. The fraction of sp³-hybridized carbons (Fsp3) is 0.714. The zero-order valence-electron chi connectivity index (χ0n) is 6.66. The normalized spacial score (nSPS) is 14.7. The summed E-state index contributed by atoms with van der Waals surface area (Å²) in [6.45, 7) is 3.15. The minimum Gasteiger partial charge on any atom is -0.384 e. The van der Waals surface area contributed by atoms with Crippen molar-refractivity contribution in [2.45, 2.75) is 32.4 Å². The van der Waals surface area contributed by atoms with E-state index in [9.17, 15) is 4.79 Å². The van der Waals surface area contributed by atoms with Gasteiger partial charge in [-0.05, 0) is 13.3 Å². The smallest absolute Gasteiger partial charge is 0.249 e. The lowest BCUT2D eigenvalue weighted by Crippen LogP contribution is -2.39. The lowest BCUT2D eigenvalue weighted by atomic mass is 10.2. The molecule has 0 spiro atoms. The van der Waals surface area contributed by atoms with E-state index in [1.165, 1.54) is 6.92 Å². The van der Waals surface area contributed by atoms with Crippen LogP contribution in [0.3, 0.4) is 0 Å². The fourth-order valence-electron chi connectivity index (χ4n) is 0.518. The van der Waals surface area contributed by atoms with E-state index >= 15 is 0 Å². The molecule has 62 valence electrons. The Hall–Kier alpha value is -1.08. The van der Waals surface area contributed by atoms with Crippen LogP contribution in [0.5, 0.6) is 0 Å². The number of rotatable bonds is 3. The molecule has 0 bridgehead atoms. The third-order valence-electron chi connectivity index (χ3n) is 1.26. The number of hydrogen-bond acceptors (Lipinski definition) is 3. The number of carbonyl (C=O) groups is 1. The number of hydrogen-bond donors (Lipinski definition) is 2. The van der Waals surface area contributed by atoms with Crippen LogP contribution >= 0.6 is 0 Å². The summed E-state index contributed by atoms with van der Waals surface area (Å²) >= 11 is 0. The van der Waals surface area contributed by atoms with E-state index in [1.807, 2.05) is 6.07 Å². The number of nitriles is 1. The molecule has 2 atom stereocenters. The molecule has 0 aliphatic heterocycles. The molecule has 2 N–H and O–H groups in total. The first-order chi connectivity index (χ1) is 5.11. The average molecular weight is 156 g/mol. The van der Waals surface area contributed by atoms with E-state index in [1.54, 1.807) is 6.92 Å². The summed E-state index contributed by atoms with van der Waals surface area (Å²) in [5.41, 5.74) is 0. The molecule has 0 aliphatic carbocycles. The molecule has 0 heterocycles. The van der Waals surface area contributed by atoms with Crippen LogP contribution in [0.1, 0.15) is 20.3 Å². The van der Waals surface area contributed by atoms with E-state index < -0.39 is 18.1 Å². The molecule has 0 unspecified atom stereocenters. The molecule has 4 heteroatoms. The molecule has 1 amide bonds. The second-order valence-electron chi connectivity index (χ2n) is 2.27. The maximum absolute atomic E-state index is 10.8. The molecule has 11 heavy (non-hydrogen) atoms. The van der Waals surface area contributed by atoms with Crippen molar-refractivity contribution in [3.8, 4) is 6.07 Å². The van der Waals surface area contributed by atoms with Crippen molar-refractivity contribution >= 4 is 5.91 Å². The standard InChI is InChI=1S/C7H12N2O2/c1-3-6(4-8)9-7(11)5(2)10/h5-6,10H,3H2,1-2H3,(H,9,11)/t5-,6+/m1/s1. The second kappa shape index (κ2) is 4.69. The van der Waals surface area contributed by atoms with Gasteiger partial charge in [0.15, 0.2) is 0 Å². The third kappa shape index (κ3) is 3.58. The van der Waals surface area contributed by atoms with Crippen molar-refractivity contribution in [3.63, 3.8) is 0 Å². The summed E-state index contributed by atoms with van der Waals surface area (Å²) in [6, 6.07) is 1.41. The molecule has 0 saturated heterocycles. The van der Waals surface area contributed by atoms with Crippen molar-refractivity contribution in [1.29, 1.82) is 5.26 Å². The Morgan fingerprint density at radius 2 is 2.36 bits per heavy atom. The summed E-state index contributed by atoms with van der Waals surface area (Å²) in [5, 5.41) is 19.5. The van der Waals surface area contributed by atoms with Gasteiger partial charge in [-0.1, -0.05) is 6.92 Å². The second-order valence-corrected chi connectivity index (χ2v) is 2.27. The van der Waals surface area contributed by atoms with E-state index in [2.05, 4.69) is 5.32 Å². The number of aliphatic hydroxyl groups excluding tert-OH is 1. The topological polar surface area (TPSA) is 73.1 Å². The van der Waals surface area contributed by atoms with Gasteiger partial charge in [0.1, 0.15) is 12.1 Å². The van der Waals surface area contributed by atoms with Crippen LogP contribution in [0.4, 0.5) is 0 Å². The van der Waals surface area contributed by atoms with Gasteiger partial charge < -0.3 is 10.4 Å². The predicted molar refractivity (Wildman–Crippen MR) is 39.5 cm³/mol. The highest BCUT2D eigenvalue weighted by Crippen LogP contribution is 1.89. The van der Waals surface area contributed by atoms with Crippen LogP contribution in [-0.4, -0.2) is 23.2 Å². The lowest BCUT2D eigenvalue weighted by molar-refractivity contribution is -0.128. The fourth-order valence-corrected chi connectivity index (χ4v) is 0.518. The van der Waals surface area contributed by atoms with Gasteiger partial charge in [0, 0.05) is 0 Å². The summed E-state index contributed by atoms with van der Waals surface area (Å²) in [4.78, 5) is 10.8. The maximum atomic E-state index is 10.8. The Morgan fingerprint density at radius 1 is 1.82 bits per heavy atom. The van der Waals surface area contributed by atoms with Crippen LogP contribution in [0.2, 0.25) is 0 Å². The van der Waals surface area contributed by atoms with Gasteiger partial charge in [-0.15, -0.1) is 0 Å². The molecular formula is C7H12N2O2. The van der Waals surface area contributed by atoms with Crippen LogP contribution in [0.25, 0.3) is 0 Å². The van der Waals surface area contributed by atoms with E-state index in [4.69, 9.17) is 10.4 Å². The number of carbonyl (C=O) groups excluding carboxylic acids is 1. The molecule has 4 nitrogen and oxygen atoms in total. The highest BCUT2D eigenvalue weighted by atomic mass is 16.3. The number of amides is 1. The van der Waals surface area contributed by atoms with Crippen LogP contribution in [0.15, 0.2) is 0 Å². The molecular weight excluding hydrogens is 144 g/mol. The Kier molecular flexibility index (Phi) is 4.23. The van der Waals surface area contributed by atoms with Gasteiger partial charge in [-0.25, -0.2) is 0 Å². The highest BCUT2D eigenvalue weighted by molar-refractivity contribution is 5.80. The summed E-state index contributed by atoms with van der Waals surface area (Å²) in [5.74, 6) is -0.501. The maximum Gasteiger partial charge on any atom is 0.249 e. The van der Waals surface area contributed by atoms with Gasteiger partial charge >= 0.3 is 0 Å². The number of nitrogens with zero attached hydrogens (tertiary/aromatic N) is 1. The monoisotopic (exact) mass is 156 g/mol. The molecule has 0 saturated carbocycles. The van der Waals surface area contributed by atoms with E-state index in [-0.39, 0.29) is 0 Å². The van der Waals surface area contributed by atoms with Crippen molar-refractivity contribution in [1.82, 2.24) is 5.32 Å².